The van der Waals surface area contributed by atoms with E-state index in [9.17, 15) is 14.4 Å². The molecule has 0 N–H and O–H groups in total. The van der Waals surface area contributed by atoms with E-state index in [0.717, 1.165) is 4.90 Å². The summed E-state index contributed by atoms with van der Waals surface area (Å²) in [5.74, 6) is -0.991. The lowest BCUT2D eigenvalue weighted by Gasteiger charge is -2.20. The molecule has 0 saturated carbocycles. The number of imide groups is 1. The first-order valence-electron chi connectivity index (χ1n) is 7.90. The number of nitrogens with zero attached hydrogens (tertiary/aromatic N) is 1. The van der Waals surface area contributed by atoms with E-state index < -0.39 is 30.2 Å². The summed E-state index contributed by atoms with van der Waals surface area (Å²) in [5, 5.41) is 0.352. The van der Waals surface area contributed by atoms with Gasteiger partial charge in [-0.1, -0.05) is 23.7 Å². The number of rotatable bonds is 4. The Labute approximate surface area is 155 Å². The van der Waals surface area contributed by atoms with E-state index in [0.29, 0.717) is 16.5 Å². The SMILES string of the molecule is COc1ccc(Cl)cc1C(=O)CN1C(=O)c2ccccc2OC(C)C1=O. The van der Waals surface area contributed by atoms with Crippen molar-refractivity contribution in [1.29, 1.82) is 0 Å². The number of hydrogen-bond donors (Lipinski definition) is 0. The number of fused-ring (bicyclic) bond motifs is 1. The molecule has 0 aliphatic carbocycles. The van der Waals surface area contributed by atoms with Crippen molar-refractivity contribution >= 4 is 29.2 Å². The number of ketones is 1. The van der Waals surface area contributed by atoms with Gasteiger partial charge in [-0.3, -0.25) is 19.3 Å². The van der Waals surface area contributed by atoms with E-state index in [-0.39, 0.29) is 11.1 Å². The molecule has 0 saturated heterocycles. The standard InChI is InChI=1S/C19H16ClNO5/c1-11-18(23)21(19(24)13-5-3-4-6-17(13)26-11)10-15(22)14-9-12(20)7-8-16(14)25-2/h3-9,11H,10H2,1-2H3. The largest absolute Gasteiger partial charge is 0.496 e. The van der Waals surface area contributed by atoms with Crippen molar-refractivity contribution in [2.24, 2.45) is 0 Å². The van der Waals surface area contributed by atoms with Crippen molar-refractivity contribution in [2.45, 2.75) is 13.0 Å². The van der Waals surface area contributed by atoms with Gasteiger partial charge in [0.1, 0.15) is 11.5 Å². The highest BCUT2D eigenvalue weighted by atomic mass is 35.5. The van der Waals surface area contributed by atoms with Gasteiger partial charge >= 0.3 is 0 Å². The quantitative estimate of drug-likeness (QED) is 0.608. The van der Waals surface area contributed by atoms with E-state index in [1.165, 1.54) is 20.1 Å². The third-order valence-corrected chi connectivity index (χ3v) is 4.28. The fourth-order valence-corrected chi connectivity index (χ4v) is 2.90. The van der Waals surface area contributed by atoms with Gasteiger partial charge < -0.3 is 9.47 Å². The van der Waals surface area contributed by atoms with Crippen LogP contribution in [0.15, 0.2) is 42.5 Å². The second-order valence-electron chi connectivity index (χ2n) is 5.75. The second kappa shape index (κ2) is 7.17. The monoisotopic (exact) mass is 373 g/mol. The maximum absolute atomic E-state index is 12.8. The molecule has 0 radical (unpaired) electrons. The zero-order chi connectivity index (χ0) is 18.8. The van der Waals surface area contributed by atoms with Crippen molar-refractivity contribution in [3.8, 4) is 11.5 Å². The number of para-hydroxylation sites is 1. The highest BCUT2D eigenvalue weighted by Crippen LogP contribution is 2.27. The number of benzene rings is 2. The first-order chi connectivity index (χ1) is 12.4. The molecule has 1 atom stereocenters. The minimum Gasteiger partial charge on any atom is -0.496 e. The molecule has 134 valence electrons. The maximum Gasteiger partial charge on any atom is 0.270 e. The van der Waals surface area contributed by atoms with Gasteiger partial charge in [0.2, 0.25) is 0 Å². The number of ether oxygens (including phenoxy) is 2. The van der Waals surface area contributed by atoms with Gasteiger partial charge in [-0.05, 0) is 37.3 Å². The Kier molecular flexibility index (Phi) is 4.95. The number of methoxy groups -OCH3 is 1. The van der Waals surface area contributed by atoms with Crippen LogP contribution in [0.1, 0.15) is 27.6 Å². The number of amides is 2. The van der Waals surface area contributed by atoms with Crippen LogP contribution < -0.4 is 9.47 Å². The minimum absolute atomic E-state index is 0.201. The maximum atomic E-state index is 12.8. The first-order valence-corrected chi connectivity index (χ1v) is 8.28. The van der Waals surface area contributed by atoms with Gasteiger partial charge in [0.15, 0.2) is 11.9 Å². The van der Waals surface area contributed by atoms with Crippen molar-refractivity contribution < 1.29 is 23.9 Å². The Balaban J connectivity index is 1.95. The zero-order valence-electron chi connectivity index (χ0n) is 14.2. The minimum atomic E-state index is -0.892. The van der Waals surface area contributed by atoms with E-state index in [4.69, 9.17) is 21.1 Å². The molecule has 7 heteroatoms. The third-order valence-electron chi connectivity index (χ3n) is 4.04. The summed E-state index contributed by atoms with van der Waals surface area (Å²) in [7, 11) is 1.43. The lowest BCUT2D eigenvalue weighted by atomic mass is 10.1. The van der Waals surface area contributed by atoms with Crippen LogP contribution in [0.2, 0.25) is 5.02 Å². The van der Waals surface area contributed by atoms with Gasteiger partial charge in [0.25, 0.3) is 11.8 Å². The number of hydrogen-bond acceptors (Lipinski definition) is 5. The van der Waals surface area contributed by atoms with Gasteiger partial charge in [0.05, 0.1) is 24.8 Å². The van der Waals surface area contributed by atoms with Crippen molar-refractivity contribution in [3.63, 3.8) is 0 Å². The molecule has 0 spiro atoms. The smallest absolute Gasteiger partial charge is 0.270 e. The lowest BCUT2D eigenvalue weighted by molar-refractivity contribution is -0.134. The van der Waals surface area contributed by atoms with E-state index in [1.54, 1.807) is 36.4 Å². The molecule has 1 unspecified atom stereocenters. The summed E-state index contributed by atoms with van der Waals surface area (Å²) >= 11 is 5.96. The molecular formula is C19H16ClNO5. The molecule has 2 amide bonds. The molecule has 1 heterocycles. The molecule has 0 bridgehead atoms. The summed E-state index contributed by atoms with van der Waals surface area (Å²) in [4.78, 5) is 39.0. The Bertz CT molecular complexity index is 895. The highest BCUT2D eigenvalue weighted by Gasteiger charge is 2.35. The average Bonchev–Trinajstić information content (AvgIpc) is 2.72. The van der Waals surface area contributed by atoms with Gasteiger partial charge in [-0.15, -0.1) is 0 Å². The van der Waals surface area contributed by atoms with Crippen LogP contribution in [0.25, 0.3) is 0 Å². The topological polar surface area (TPSA) is 72.9 Å². The molecule has 2 aromatic carbocycles. The fourth-order valence-electron chi connectivity index (χ4n) is 2.73. The van der Waals surface area contributed by atoms with Crippen LogP contribution in [0, 0.1) is 0 Å². The third kappa shape index (κ3) is 3.28. The van der Waals surface area contributed by atoms with Crippen molar-refractivity contribution in [1.82, 2.24) is 4.90 Å². The van der Waals surface area contributed by atoms with E-state index in [1.807, 2.05) is 0 Å². The van der Waals surface area contributed by atoms with Gasteiger partial charge in [-0.2, -0.15) is 0 Å². The number of halogens is 1. The normalized spacial score (nSPS) is 16.6. The Morgan fingerprint density at radius 2 is 1.96 bits per heavy atom. The molecule has 1 aliphatic rings. The van der Waals surface area contributed by atoms with Crippen LogP contribution >= 0.6 is 11.6 Å². The van der Waals surface area contributed by atoms with E-state index in [2.05, 4.69) is 0 Å². The second-order valence-corrected chi connectivity index (χ2v) is 6.19. The van der Waals surface area contributed by atoms with Gasteiger partial charge in [0, 0.05) is 5.02 Å². The fraction of sp³-hybridized carbons (Fsp3) is 0.211. The molecular weight excluding hydrogens is 358 g/mol. The molecule has 6 nitrogen and oxygen atoms in total. The van der Waals surface area contributed by atoms with Crippen LogP contribution in [0.3, 0.4) is 0 Å². The molecule has 1 aliphatic heterocycles. The Hall–Kier alpha value is -2.86. The molecule has 3 rings (SSSR count). The Morgan fingerprint density at radius 1 is 1.23 bits per heavy atom. The zero-order valence-corrected chi connectivity index (χ0v) is 14.9. The van der Waals surface area contributed by atoms with Crippen molar-refractivity contribution in [3.05, 3.63) is 58.6 Å². The first kappa shape index (κ1) is 17.9. The molecule has 0 aromatic heterocycles. The number of carbonyl (C=O) groups is 3. The predicted molar refractivity (Wildman–Crippen MR) is 94.9 cm³/mol. The highest BCUT2D eigenvalue weighted by molar-refractivity contribution is 6.31. The van der Waals surface area contributed by atoms with Crippen molar-refractivity contribution in [2.75, 3.05) is 13.7 Å². The number of carbonyl (C=O) groups excluding carboxylic acids is 3. The lowest BCUT2D eigenvalue weighted by Crippen LogP contribution is -2.44. The summed E-state index contributed by atoms with van der Waals surface area (Å²) in [5.41, 5.74) is 0.433. The van der Waals surface area contributed by atoms with E-state index >= 15 is 0 Å². The molecule has 0 fully saturated rings. The van der Waals surface area contributed by atoms with Crippen LogP contribution in [0.4, 0.5) is 0 Å². The van der Waals surface area contributed by atoms with Crippen LogP contribution in [0.5, 0.6) is 11.5 Å². The predicted octanol–water partition coefficient (Wildman–Crippen LogP) is 2.98. The Morgan fingerprint density at radius 3 is 2.69 bits per heavy atom. The summed E-state index contributed by atoms with van der Waals surface area (Å²) in [6, 6.07) is 11.1. The van der Waals surface area contributed by atoms with Gasteiger partial charge in [-0.25, -0.2) is 0 Å². The molecule has 2 aromatic rings. The van der Waals surface area contributed by atoms with Crippen LogP contribution in [-0.2, 0) is 4.79 Å². The number of Topliss-reactive ketones (excluding diaryl/α,β-unsaturated/α-hetero) is 1. The summed E-state index contributed by atoms with van der Waals surface area (Å²) in [6.07, 6.45) is -0.892. The molecule has 26 heavy (non-hydrogen) atoms. The summed E-state index contributed by atoms with van der Waals surface area (Å²) in [6.45, 7) is 1.10. The summed E-state index contributed by atoms with van der Waals surface area (Å²) < 4.78 is 10.7. The average molecular weight is 374 g/mol. The van der Waals surface area contributed by atoms with Crippen LogP contribution in [-0.4, -0.2) is 42.3 Å².